The first-order chi connectivity index (χ1) is 14.0. The molecule has 1 saturated heterocycles. The van der Waals surface area contributed by atoms with Crippen LogP contribution < -0.4 is 5.32 Å². The number of H-pyrrole nitrogens is 1. The lowest BCUT2D eigenvalue weighted by atomic mass is 9.88. The van der Waals surface area contributed by atoms with E-state index in [9.17, 15) is 0 Å². The van der Waals surface area contributed by atoms with Crippen LogP contribution in [0.3, 0.4) is 0 Å². The molecule has 1 aromatic carbocycles. The molecule has 0 aliphatic carbocycles. The SMILES string of the molecule is Cc1cn2c(C)cc(-c3[nH]c4ccc(C5CCNCC5)cc4c3C(C)C)cc2n1. The lowest BCUT2D eigenvalue weighted by Gasteiger charge is -2.23. The summed E-state index contributed by atoms with van der Waals surface area (Å²) in [7, 11) is 0. The van der Waals surface area contributed by atoms with E-state index in [4.69, 9.17) is 4.98 Å². The minimum absolute atomic E-state index is 0.444. The molecule has 1 aliphatic rings. The number of hydrogen-bond donors (Lipinski definition) is 2. The van der Waals surface area contributed by atoms with E-state index in [0.717, 1.165) is 24.4 Å². The predicted molar refractivity (Wildman–Crippen MR) is 121 cm³/mol. The highest BCUT2D eigenvalue weighted by molar-refractivity contribution is 5.92. The topological polar surface area (TPSA) is 45.1 Å². The van der Waals surface area contributed by atoms with Crippen molar-refractivity contribution in [1.82, 2.24) is 19.7 Å². The van der Waals surface area contributed by atoms with E-state index in [-0.39, 0.29) is 0 Å². The molecule has 0 saturated carbocycles. The molecule has 3 aromatic heterocycles. The number of aromatic nitrogens is 3. The summed E-state index contributed by atoms with van der Waals surface area (Å²) in [6, 6.07) is 11.6. The first-order valence-electron chi connectivity index (χ1n) is 10.8. The van der Waals surface area contributed by atoms with Crippen LogP contribution in [0.4, 0.5) is 0 Å². The molecule has 150 valence electrons. The van der Waals surface area contributed by atoms with Crippen molar-refractivity contribution in [3.8, 4) is 11.3 Å². The number of benzene rings is 1. The van der Waals surface area contributed by atoms with Crippen LogP contribution in [0.15, 0.2) is 36.5 Å². The first kappa shape index (κ1) is 18.4. The minimum Gasteiger partial charge on any atom is -0.354 e. The van der Waals surface area contributed by atoms with Gasteiger partial charge in [0.15, 0.2) is 0 Å². The summed E-state index contributed by atoms with van der Waals surface area (Å²) in [4.78, 5) is 8.45. The zero-order valence-electron chi connectivity index (χ0n) is 17.8. The highest BCUT2D eigenvalue weighted by atomic mass is 15.0. The smallest absolute Gasteiger partial charge is 0.137 e. The molecule has 0 amide bonds. The molecule has 4 heterocycles. The molecule has 29 heavy (non-hydrogen) atoms. The number of aromatic amines is 1. The van der Waals surface area contributed by atoms with Crippen LogP contribution >= 0.6 is 0 Å². The first-order valence-corrected chi connectivity index (χ1v) is 10.8. The number of aryl methyl sites for hydroxylation is 2. The van der Waals surface area contributed by atoms with Gasteiger partial charge in [-0.05, 0) is 87.0 Å². The maximum Gasteiger partial charge on any atom is 0.137 e. The number of imidazole rings is 1. The molecular formula is C25H30N4. The quantitative estimate of drug-likeness (QED) is 0.475. The number of fused-ring (bicyclic) bond motifs is 2. The van der Waals surface area contributed by atoms with Gasteiger partial charge < -0.3 is 14.7 Å². The van der Waals surface area contributed by atoms with Gasteiger partial charge in [0.1, 0.15) is 5.65 Å². The average Bonchev–Trinajstić information content (AvgIpc) is 3.28. The number of piperidine rings is 1. The Balaban J connectivity index is 1.68. The predicted octanol–water partition coefficient (Wildman–Crippen LogP) is 5.69. The van der Waals surface area contributed by atoms with Crippen molar-refractivity contribution < 1.29 is 0 Å². The van der Waals surface area contributed by atoms with Gasteiger partial charge in [-0.2, -0.15) is 0 Å². The summed E-state index contributed by atoms with van der Waals surface area (Å²) in [6.07, 6.45) is 4.57. The summed E-state index contributed by atoms with van der Waals surface area (Å²) >= 11 is 0. The van der Waals surface area contributed by atoms with E-state index in [1.165, 1.54) is 51.8 Å². The Morgan fingerprint density at radius 3 is 2.62 bits per heavy atom. The fourth-order valence-electron chi connectivity index (χ4n) is 4.99. The maximum atomic E-state index is 4.71. The standard InChI is InChI=1S/C25H30N4/c1-15(2)24-21-12-19(18-7-9-26-10-8-18)5-6-22(21)28-25(24)20-11-17(4)29-14-16(3)27-23(29)13-20/h5-6,11-15,18,26,28H,7-10H2,1-4H3. The fourth-order valence-corrected chi connectivity index (χ4v) is 4.99. The van der Waals surface area contributed by atoms with Crippen molar-refractivity contribution in [3.05, 3.63) is 59.0 Å². The van der Waals surface area contributed by atoms with Crippen molar-refractivity contribution in [2.75, 3.05) is 13.1 Å². The third-order valence-corrected chi connectivity index (χ3v) is 6.42. The van der Waals surface area contributed by atoms with E-state index >= 15 is 0 Å². The zero-order valence-corrected chi connectivity index (χ0v) is 17.8. The summed E-state index contributed by atoms with van der Waals surface area (Å²) in [5.41, 5.74) is 9.89. The zero-order chi connectivity index (χ0) is 20.1. The van der Waals surface area contributed by atoms with Crippen molar-refractivity contribution in [1.29, 1.82) is 0 Å². The lowest BCUT2D eigenvalue weighted by Crippen LogP contribution is -2.26. The van der Waals surface area contributed by atoms with Gasteiger partial charge in [0.05, 0.1) is 11.4 Å². The van der Waals surface area contributed by atoms with Crippen molar-refractivity contribution >= 4 is 16.6 Å². The maximum absolute atomic E-state index is 4.71. The second kappa shape index (κ2) is 7.03. The normalized spacial score (nSPS) is 15.8. The highest BCUT2D eigenvalue weighted by Gasteiger charge is 2.20. The lowest BCUT2D eigenvalue weighted by molar-refractivity contribution is 0.460. The molecule has 1 aliphatic heterocycles. The van der Waals surface area contributed by atoms with E-state index in [2.05, 4.69) is 78.9 Å². The third kappa shape index (κ3) is 3.16. The van der Waals surface area contributed by atoms with Crippen LogP contribution in [-0.2, 0) is 0 Å². The van der Waals surface area contributed by atoms with Gasteiger partial charge in [0.2, 0.25) is 0 Å². The van der Waals surface area contributed by atoms with Crippen LogP contribution in [0.25, 0.3) is 27.8 Å². The Morgan fingerprint density at radius 1 is 1.07 bits per heavy atom. The molecule has 4 nitrogen and oxygen atoms in total. The Labute approximate surface area is 172 Å². The summed E-state index contributed by atoms with van der Waals surface area (Å²) in [5.74, 6) is 1.12. The van der Waals surface area contributed by atoms with Crippen molar-refractivity contribution in [3.63, 3.8) is 0 Å². The second-order valence-electron chi connectivity index (χ2n) is 8.89. The van der Waals surface area contributed by atoms with Crippen LogP contribution in [0.2, 0.25) is 0 Å². The Morgan fingerprint density at radius 2 is 1.86 bits per heavy atom. The molecule has 5 rings (SSSR count). The molecular weight excluding hydrogens is 356 g/mol. The second-order valence-corrected chi connectivity index (χ2v) is 8.89. The van der Waals surface area contributed by atoms with Crippen LogP contribution in [0, 0.1) is 13.8 Å². The minimum atomic E-state index is 0.444. The van der Waals surface area contributed by atoms with Gasteiger partial charge in [0, 0.05) is 28.4 Å². The molecule has 0 atom stereocenters. The molecule has 1 fully saturated rings. The Kier molecular flexibility index (Phi) is 4.47. The average molecular weight is 387 g/mol. The summed E-state index contributed by atoms with van der Waals surface area (Å²) in [5, 5.41) is 4.86. The van der Waals surface area contributed by atoms with Gasteiger partial charge in [0.25, 0.3) is 0 Å². The number of nitrogens with zero attached hydrogens (tertiary/aromatic N) is 2. The third-order valence-electron chi connectivity index (χ3n) is 6.42. The number of rotatable bonds is 3. The molecule has 0 radical (unpaired) electrons. The summed E-state index contributed by atoms with van der Waals surface area (Å²) < 4.78 is 2.17. The molecule has 0 unspecified atom stereocenters. The Bertz CT molecular complexity index is 1190. The molecule has 0 spiro atoms. The van der Waals surface area contributed by atoms with Crippen LogP contribution in [-0.4, -0.2) is 27.5 Å². The summed E-state index contributed by atoms with van der Waals surface area (Å²) in [6.45, 7) is 11.1. The van der Waals surface area contributed by atoms with Gasteiger partial charge in [-0.15, -0.1) is 0 Å². The van der Waals surface area contributed by atoms with Crippen LogP contribution in [0.5, 0.6) is 0 Å². The largest absolute Gasteiger partial charge is 0.354 e. The van der Waals surface area contributed by atoms with E-state index in [0.29, 0.717) is 11.8 Å². The van der Waals surface area contributed by atoms with Gasteiger partial charge in [-0.1, -0.05) is 19.9 Å². The highest BCUT2D eigenvalue weighted by Crippen LogP contribution is 2.38. The number of hydrogen-bond acceptors (Lipinski definition) is 2. The van der Waals surface area contributed by atoms with Gasteiger partial charge >= 0.3 is 0 Å². The van der Waals surface area contributed by atoms with Gasteiger partial charge in [-0.3, -0.25) is 0 Å². The molecule has 2 N–H and O–H groups in total. The monoisotopic (exact) mass is 386 g/mol. The van der Waals surface area contributed by atoms with Crippen LogP contribution in [0.1, 0.15) is 61.0 Å². The van der Waals surface area contributed by atoms with Gasteiger partial charge in [-0.25, -0.2) is 4.98 Å². The van der Waals surface area contributed by atoms with E-state index in [1.54, 1.807) is 0 Å². The molecule has 4 aromatic rings. The van der Waals surface area contributed by atoms with E-state index < -0.39 is 0 Å². The van der Waals surface area contributed by atoms with Crippen molar-refractivity contribution in [2.45, 2.75) is 52.4 Å². The Hall–Kier alpha value is -2.59. The fraction of sp³-hybridized carbons (Fsp3) is 0.400. The van der Waals surface area contributed by atoms with Crippen molar-refractivity contribution in [2.24, 2.45) is 0 Å². The number of nitrogens with one attached hydrogen (secondary N) is 2. The molecule has 4 heteroatoms. The number of pyridine rings is 1. The van der Waals surface area contributed by atoms with E-state index in [1.807, 2.05) is 0 Å². The molecule has 0 bridgehead atoms.